The molecule has 1 aliphatic rings. The van der Waals surface area contributed by atoms with Crippen LogP contribution in [-0.4, -0.2) is 44.3 Å². The van der Waals surface area contributed by atoms with Crippen molar-refractivity contribution in [3.05, 3.63) is 35.7 Å². The third kappa shape index (κ3) is 2.59. The van der Waals surface area contributed by atoms with Crippen molar-refractivity contribution in [3.8, 4) is 11.5 Å². The average molecular weight is 314 g/mol. The van der Waals surface area contributed by atoms with Gasteiger partial charge in [-0.1, -0.05) is 22.9 Å². The lowest BCUT2D eigenvalue weighted by molar-refractivity contribution is -0.143. The molecule has 1 saturated heterocycles. The van der Waals surface area contributed by atoms with Crippen LogP contribution in [0.3, 0.4) is 0 Å². The number of nitrogens with zero attached hydrogens (tertiary/aromatic N) is 4. The minimum absolute atomic E-state index is 0.140. The van der Waals surface area contributed by atoms with Gasteiger partial charge in [0.25, 0.3) is 5.89 Å². The molecule has 8 nitrogen and oxygen atoms in total. The summed E-state index contributed by atoms with van der Waals surface area (Å²) >= 11 is 0. The van der Waals surface area contributed by atoms with Crippen LogP contribution in [0.2, 0.25) is 0 Å². The first kappa shape index (κ1) is 14.9. The van der Waals surface area contributed by atoms with E-state index >= 15 is 0 Å². The Hall–Kier alpha value is -3.03. The van der Waals surface area contributed by atoms with Crippen LogP contribution in [0.4, 0.5) is 4.79 Å². The lowest BCUT2D eigenvalue weighted by Gasteiger charge is -2.11. The van der Waals surface area contributed by atoms with Crippen LogP contribution >= 0.6 is 0 Å². The largest absolute Gasteiger partial charge is 0.334 e. The first-order chi connectivity index (χ1) is 11.0. The van der Waals surface area contributed by atoms with Crippen LogP contribution in [0.1, 0.15) is 18.3 Å². The number of imide groups is 2. The standard InChI is InChI=1S/C15H14N4O4/c1-3-18-13(20)14(21)19(15(18)22)8-11-16-12(23-17-11)10-6-4-9(2)5-7-10/h4-7H,3,8H2,1-2H3. The summed E-state index contributed by atoms with van der Waals surface area (Å²) in [4.78, 5) is 41.3. The summed E-state index contributed by atoms with van der Waals surface area (Å²) in [6, 6.07) is 6.82. The van der Waals surface area contributed by atoms with Crippen LogP contribution in [0.5, 0.6) is 0 Å². The van der Waals surface area contributed by atoms with E-state index in [0.29, 0.717) is 0 Å². The van der Waals surface area contributed by atoms with Gasteiger partial charge in [-0.05, 0) is 26.0 Å². The molecule has 1 aromatic carbocycles. The summed E-state index contributed by atoms with van der Waals surface area (Å²) in [6.45, 7) is 3.52. The number of carbonyl (C=O) groups excluding carboxylic acids is 3. The van der Waals surface area contributed by atoms with Gasteiger partial charge in [0.15, 0.2) is 5.82 Å². The highest BCUT2D eigenvalue weighted by Gasteiger charge is 2.44. The molecule has 0 atom stereocenters. The monoisotopic (exact) mass is 314 g/mol. The number of hydrogen-bond donors (Lipinski definition) is 0. The van der Waals surface area contributed by atoms with Crippen molar-refractivity contribution in [3.63, 3.8) is 0 Å². The quantitative estimate of drug-likeness (QED) is 0.624. The highest BCUT2D eigenvalue weighted by Crippen LogP contribution is 2.19. The van der Waals surface area contributed by atoms with Gasteiger partial charge in [0, 0.05) is 12.1 Å². The minimum atomic E-state index is -0.876. The summed E-state index contributed by atoms with van der Waals surface area (Å²) in [5.41, 5.74) is 1.83. The number of aryl methyl sites for hydroxylation is 1. The van der Waals surface area contributed by atoms with Gasteiger partial charge in [-0.3, -0.25) is 14.5 Å². The molecule has 118 valence electrons. The molecule has 2 heterocycles. The summed E-state index contributed by atoms with van der Waals surface area (Å²) in [7, 11) is 0. The Bertz CT molecular complexity index is 781. The van der Waals surface area contributed by atoms with Crippen molar-refractivity contribution >= 4 is 17.8 Å². The molecule has 23 heavy (non-hydrogen) atoms. The van der Waals surface area contributed by atoms with E-state index < -0.39 is 17.8 Å². The first-order valence-corrected chi connectivity index (χ1v) is 7.08. The third-order valence-corrected chi connectivity index (χ3v) is 3.52. The van der Waals surface area contributed by atoms with E-state index in [1.807, 2.05) is 31.2 Å². The van der Waals surface area contributed by atoms with Gasteiger partial charge in [-0.15, -0.1) is 0 Å². The van der Waals surface area contributed by atoms with Gasteiger partial charge in [0.2, 0.25) is 0 Å². The summed E-state index contributed by atoms with van der Waals surface area (Å²) in [6.07, 6.45) is 0. The van der Waals surface area contributed by atoms with Crippen LogP contribution in [0, 0.1) is 6.92 Å². The van der Waals surface area contributed by atoms with E-state index in [0.717, 1.165) is 20.9 Å². The van der Waals surface area contributed by atoms with Crippen molar-refractivity contribution in [1.82, 2.24) is 19.9 Å². The number of likely N-dealkylation sites (N-methyl/N-ethyl adjacent to an activating group) is 1. The lowest BCUT2D eigenvalue weighted by Crippen LogP contribution is -2.33. The van der Waals surface area contributed by atoms with Crippen LogP contribution < -0.4 is 0 Å². The Labute approximate surface area is 131 Å². The van der Waals surface area contributed by atoms with Crippen molar-refractivity contribution in [2.24, 2.45) is 0 Å². The zero-order valence-corrected chi connectivity index (χ0v) is 12.6. The molecule has 0 spiro atoms. The Morgan fingerprint density at radius 3 is 2.30 bits per heavy atom. The first-order valence-electron chi connectivity index (χ1n) is 7.08. The van der Waals surface area contributed by atoms with Gasteiger partial charge in [-0.2, -0.15) is 4.98 Å². The molecule has 0 radical (unpaired) electrons. The maximum absolute atomic E-state index is 12.0. The van der Waals surface area contributed by atoms with Crippen molar-refractivity contribution in [2.45, 2.75) is 20.4 Å². The van der Waals surface area contributed by atoms with E-state index in [1.54, 1.807) is 6.92 Å². The van der Waals surface area contributed by atoms with E-state index in [4.69, 9.17) is 4.52 Å². The predicted molar refractivity (Wildman–Crippen MR) is 77.8 cm³/mol. The van der Waals surface area contributed by atoms with Crippen LogP contribution in [0.25, 0.3) is 11.5 Å². The van der Waals surface area contributed by atoms with Crippen molar-refractivity contribution in [1.29, 1.82) is 0 Å². The minimum Gasteiger partial charge on any atom is -0.334 e. The van der Waals surface area contributed by atoms with Crippen molar-refractivity contribution < 1.29 is 18.9 Å². The van der Waals surface area contributed by atoms with E-state index in [-0.39, 0.29) is 24.8 Å². The SMILES string of the molecule is CCN1C(=O)C(=O)N(Cc2noc(-c3ccc(C)cc3)n2)C1=O. The Kier molecular flexibility index (Phi) is 3.65. The second kappa shape index (κ2) is 5.64. The molecule has 0 aliphatic carbocycles. The second-order valence-electron chi connectivity index (χ2n) is 5.11. The molecule has 0 N–H and O–H groups in total. The maximum atomic E-state index is 12.0. The van der Waals surface area contributed by atoms with Gasteiger partial charge in [0.05, 0.1) is 6.54 Å². The van der Waals surface area contributed by atoms with Gasteiger partial charge < -0.3 is 4.52 Å². The maximum Gasteiger partial charge on any atom is 0.334 e. The fourth-order valence-electron chi connectivity index (χ4n) is 2.24. The van der Waals surface area contributed by atoms with Gasteiger partial charge >= 0.3 is 17.8 Å². The Balaban J connectivity index is 1.79. The molecular weight excluding hydrogens is 300 g/mol. The number of aromatic nitrogens is 2. The molecule has 1 aromatic heterocycles. The molecule has 3 rings (SSSR count). The molecular formula is C15H14N4O4. The fourth-order valence-corrected chi connectivity index (χ4v) is 2.24. The number of amides is 4. The van der Waals surface area contributed by atoms with E-state index in [9.17, 15) is 14.4 Å². The summed E-state index contributed by atoms with van der Waals surface area (Å²) < 4.78 is 5.14. The smallest absolute Gasteiger partial charge is 0.334 e. The predicted octanol–water partition coefficient (Wildman–Crippen LogP) is 1.36. The number of rotatable bonds is 4. The fraction of sp³-hybridized carbons (Fsp3) is 0.267. The number of hydrogen-bond acceptors (Lipinski definition) is 6. The number of benzene rings is 1. The highest BCUT2D eigenvalue weighted by atomic mass is 16.5. The molecule has 4 amide bonds. The van der Waals surface area contributed by atoms with Crippen LogP contribution in [-0.2, 0) is 16.1 Å². The topological polar surface area (TPSA) is 96.6 Å². The molecule has 2 aromatic rings. The van der Waals surface area contributed by atoms with Crippen molar-refractivity contribution in [2.75, 3.05) is 6.54 Å². The van der Waals surface area contributed by atoms with Crippen LogP contribution in [0.15, 0.2) is 28.8 Å². The summed E-state index contributed by atoms with van der Waals surface area (Å²) in [5.74, 6) is -1.26. The van der Waals surface area contributed by atoms with Gasteiger partial charge in [0.1, 0.15) is 0 Å². The molecule has 8 heteroatoms. The zero-order valence-electron chi connectivity index (χ0n) is 12.6. The Morgan fingerprint density at radius 1 is 1.04 bits per heavy atom. The number of carbonyl (C=O) groups is 3. The molecule has 0 saturated carbocycles. The third-order valence-electron chi connectivity index (χ3n) is 3.52. The average Bonchev–Trinajstić information content (AvgIpc) is 3.08. The van der Waals surface area contributed by atoms with Gasteiger partial charge in [-0.25, -0.2) is 9.69 Å². The second-order valence-corrected chi connectivity index (χ2v) is 5.11. The normalized spacial score (nSPS) is 15.0. The molecule has 0 unspecified atom stereocenters. The van der Waals surface area contributed by atoms with E-state index in [2.05, 4.69) is 10.1 Å². The molecule has 1 fully saturated rings. The highest BCUT2D eigenvalue weighted by molar-refractivity contribution is 6.44. The van der Waals surface area contributed by atoms with E-state index in [1.165, 1.54) is 0 Å². The summed E-state index contributed by atoms with van der Waals surface area (Å²) in [5, 5.41) is 3.76. The lowest BCUT2D eigenvalue weighted by atomic mass is 10.1. The molecule has 1 aliphatic heterocycles. The Morgan fingerprint density at radius 2 is 1.70 bits per heavy atom. The molecule has 0 bridgehead atoms. The zero-order chi connectivity index (χ0) is 16.6. The number of urea groups is 1.